The van der Waals surface area contributed by atoms with Crippen LogP contribution in [0.4, 0.5) is 10.1 Å². The largest absolute Gasteiger partial charge is 0.205 e. The van der Waals surface area contributed by atoms with Crippen LogP contribution in [0.2, 0.25) is 5.02 Å². The molecule has 0 N–H and O–H groups in total. The fourth-order valence-corrected chi connectivity index (χ4v) is 4.14. The second kappa shape index (κ2) is 10.0. The molecule has 4 rings (SSSR count). The fraction of sp³-hybridized carbons (Fsp3) is 0.107. The Labute approximate surface area is 198 Å². The van der Waals surface area contributed by atoms with E-state index in [1.165, 1.54) is 11.6 Å². The van der Waals surface area contributed by atoms with E-state index in [1.807, 2.05) is 42.5 Å². The number of thiocarbonyl (C=S) groups is 1. The third-order valence-corrected chi connectivity index (χ3v) is 5.84. The fourth-order valence-electron chi connectivity index (χ4n) is 3.75. The predicted octanol–water partition coefficient (Wildman–Crippen LogP) is 9.17. The summed E-state index contributed by atoms with van der Waals surface area (Å²) in [6, 6.07) is 27.6. The molecular formula is C28H21ClFNS. The summed E-state index contributed by atoms with van der Waals surface area (Å²) in [5.74, 6) is -0.426. The van der Waals surface area contributed by atoms with Gasteiger partial charge in [0.2, 0.25) is 0 Å². The van der Waals surface area contributed by atoms with Gasteiger partial charge in [0.05, 0.1) is 5.16 Å². The second-order valence-corrected chi connectivity index (χ2v) is 8.18. The van der Waals surface area contributed by atoms with Gasteiger partial charge in [-0.25, -0.2) is 4.39 Å². The van der Waals surface area contributed by atoms with Crippen molar-refractivity contribution in [1.82, 2.24) is 0 Å². The summed E-state index contributed by atoms with van der Waals surface area (Å²) >= 11 is 11.2. The van der Waals surface area contributed by atoms with Crippen molar-refractivity contribution in [1.29, 1.82) is 0 Å². The van der Waals surface area contributed by atoms with Crippen molar-refractivity contribution in [2.45, 2.75) is 19.8 Å². The normalized spacial score (nSPS) is 10.6. The maximum Gasteiger partial charge on any atom is 0.150 e. The summed E-state index contributed by atoms with van der Waals surface area (Å²) in [5.41, 5.74) is 7.42. The quantitative estimate of drug-likeness (QED) is 0.207. The highest BCUT2D eigenvalue weighted by Gasteiger charge is 2.08. The van der Waals surface area contributed by atoms with Crippen LogP contribution in [-0.2, 0) is 6.42 Å². The minimum atomic E-state index is -0.426. The number of rotatable bonds is 6. The van der Waals surface area contributed by atoms with Crippen LogP contribution >= 0.6 is 23.8 Å². The molecule has 0 aliphatic rings. The van der Waals surface area contributed by atoms with E-state index in [-0.39, 0.29) is 5.69 Å². The van der Waals surface area contributed by atoms with Crippen LogP contribution in [0.15, 0.2) is 89.9 Å². The standard InChI is InChI=1S/C28H21ClFNS/c1-2-3-19-4-6-20(7-5-19)23-12-14-25(26(29)16-23)22-10-8-21(9-11-22)24-13-15-28(31-18-32)27(30)17-24/h4-17H,2-3H2,1H3. The van der Waals surface area contributed by atoms with Gasteiger partial charge in [-0.3, -0.25) is 0 Å². The van der Waals surface area contributed by atoms with Crippen LogP contribution in [0.5, 0.6) is 0 Å². The highest BCUT2D eigenvalue weighted by atomic mass is 35.5. The molecule has 0 atom stereocenters. The van der Waals surface area contributed by atoms with E-state index in [4.69, 9.17) is 11.6 Å². The maximum atomic E-state index is 14.2. The molecule has 4 aromatic rings. The van der Waals surface area contributed by atoms with E-state index in [1.54, 1.807) is 6.07 Å². The zero-order chi connectivity index (χ0) is 22.5. The maximum absolute atomic E-state index is 14.2. The Bertz CT molecular complexity index is 1290. The molecule has 158 valence electrons. The van der Waals surface area contributed by atoms with Crippen LogP contribution in [0, 0.1) is 5.82 Å². The van der Waals surface area contributed by atoms with Crippen molar-refractivity contribution < 1.29 is 4.39 Å². The van der Waals surface area contributed by atoms with Crippen LogP contribution in [0.25, 0.3) is 33.4 Å². The van der Waals surface area contributed by atoms with Crippen molar-refractivity contribution in [3.8, 4) is 33.4 Å². The summed E-state index contributed by atoms with van der Waals surface area (Å²) in [6.07, 6.45) is 2.23. The van der Waals surface area contributed by atoms with Gasteiger partial charge in [0.15, 0.2) is 0 Å². The van der Waals surface area contributed by atoms with Crippen molar-refractivity contribution in [2.24, 2.45) is 4.99 Å². The lowest BCUT2D eigenvalue weighted by atomic mass is 9.97. The molecule has 0 radical (unpaired) electrons. The number of nitrogens with zero attached hydrogens (tertiary/aromatic N) is 1. The number of hydrogen-bond donors (Lipinski definition) is 0. The Morgan fingerprint density at radius 1 is 0.781 bits per heavy atom. The molecule has 0 aliphatic heterocycles. The Hall–Kier alpha value is -3.10. The zero-order valence-electron chi connectivity index (χ0n) is 17.6. The van der Waals surface area contributed by atoms with Gasteiger partial charge in [-0.2, -0.15) is 4.99 Å². The first-order valence-corrected chi connectivity index (χ1v) is 11.2. The van der Waals surface area contributed by atoms with Crippen molar-refractivity contribution >= 4 is 34.7 Å². The smallest absolute Gasteiger partial charge is 0.150 e. The zero-order valence-corrected chi connectivity index (χ0v) is 19.2. The third kappa shape index (κ3) is 4.87. The molecule has 0 aromatic heterocycles. The van der Waals surface area contributed by atoms with E-state index < -0.39 is 5.82 Å². The van der Waals surface area contributed by atoms with E-state index in [0.29, 0.717) is 5.02 Å². The van der Waals surface area contributed by atoms with Gasteiger partial charge in [-0.1, -0.05) is 91.7 Å². The number of hydrogen-bond acceptors (Lipinski definition) is 2. The minimum absolute atomic E-state index is 0.187. The molecule has 0 fully saturated rings. The Kier molecular flexibility index (Phi) is 6.92. The van der Waals surface area contributed by atoms with Gasteiger partial charge in [0, 0.05) is 10.6 Å². The lowest BCUT2D eigenvalue weighted by molar-refractivity contribution is 0.630. The lowest BCUT2D eigenvalue weighted by Crippen LogP contribution is -1.86. The number of aryl methyl sites for hydroxylation is 1. The van der Waals surface area contributed by atoms with Gasteiger partial charge in [0.25, 0.3) is 0 Å². The van der Waals surface area contributed by atoms with Crippen molar-refractivity contribution in [2.75, 3.05) is 0 Å². The Morgan fingerprint density at radius 3 is 1.94 bits per heavy atom. The molecular weight excluding hydrogens is 437 g/mol. The van der Waals surface area contributed by atoms with Crippen molar-refractivity contribution in [3.63, 3.8) is 0 Å². The average Bonchev–Trinajstić information content (AvgIpc) is 2.81. The molecule has 0 aliphatic carbocycles. The average molecular weight is 458 g/mol. The Balaban J connectivity index is 1.58. The second-order valence-electron chi connectivity index (χ2n) is 7.59. The molecule has 0 saturated carbocycles. The topological polar surface area (TPSA) is 12.4 Å². The van der Waals surface area contributed by atoms with Gasteiger partial charge in [-0.15, -0.1) is 0 Å². The summed E-state index contributed by atoms with van der Waals surface area (Å²) in [7, 11) is 0. The van der Waals surface area contributed by atoms with E-state index >= 15 is 0 Å². The first-order chi connectivity index (χ1) is 15.6. The van der Waals surface area contributed by atoms with Crippen LogP contribution in [-0.4, -0.2) is 5.16 Å². The third-order valence-electron chi connectivity index (χ3n) is 5.44. The molecule has 4 aromatic carbocycles. The number of halogens is 2. The number of isothiocyanates is 1. The summed E-state index contributed by atoms with van der Waals surface area (Å²) < 4.78 is 14.2. The summed E-state index contributed by atoms with van der Waals surface area (Å²) in [5, 5.41) is 2.89. The summed E-state index contributed by atoms with van der Waals surface area (Å²) in [6.45, 7) is 2.19. The molecule has 1 nitrogen and oxygen atoms in total. The van der Waals surface area contributed by atoms with Crippen LogP contribution in [0.3, 0.4) is 0 Å². The number of aliphatic imine (C=N–C) groups is 1. The van der Waals surface area contributed by atoms with E-state index in [0.717, 1.165) is 46.2 Å². The number of benzene rings is 4. The highest BCUT2D eigenvalue weighted by Crippen LogP contribution is 2.34. The highest BCUT2D eigenvalue weighted by molar-refractivity contribution is 7.78. The summed E-state index contributed by atoms with van der Waals surface area (Å²) in [4.78, 5) is 3.72. The lowest BCUT2D eigenvalue weighted by Gasteiger charge is -2.10. The Morgan fingerprint density at radius 2 is 1.34 bits per heavy atom. The first-order valence-electron chi connectivity index (χ1n) is 10.5. The monoisotopic (exact) mass is 457 g/mol. The van der Waals surface area contributed by atoms with E-state index in [2.05, 4.69) is 59.6 Å². The van der Waals surface area contributed by atoms with Crippen LogP contribution in [0.1, 0.15) is 18.9 Å². The molecule has 32 heavy (non-hydrogen) atoms. The molecule has 4 heteroatoms. The molecule has 0 spiro atoms. The van der Waals surface area contributed by atoms with Gasteiger partial charge >= 0.3 is 0 Å². The van der Waals surface area contributed by atoms with E-state index in [9.17, 15) is 4.39 Å². The molecule has 0 saturated heterocycles. The predicted molar refractivity (Wildman–Crippen MR) is 136 cm³/mol. The van der Waals surface area contributed by atoms with Gasteiger partial charge in [0.1, 0.15) is 11.5 Å². The van der Waals surface area contributed by atoms with Crippen LogP contribution < -0.4 is 0 Å². The molecule has 0 bridgehead atoms. The van der Waals surface area contributed by atoms with Gasteiger partial charge in [-0.05, 0) is 70.2 Å². The molecule has 0 heterocycles. The SMILES string of the molecule is CCCc1ccc(-c2ccc(-c3ccc(-c4ccc(N=C=S)c(F)c4)cc3)c(Cl)c2)cc1. The molecule has 0 amide bonds. The minimum Gasteiger partial charge on any atom is -0.205 e. The van der Waals surface area contributed by atoms with Gasteiger partial charge < -0.3 is 0 Å². The first kappa shape index (κ1) is 22.1. The molecule has 0 unspecified atom stereocenters. The van der Waals surface area contributed by atoms with Crippen molar-refractivity contribution in [3.05, 3.63) is 101 Å².